The highest BCUT2D eigenvalue weighted by molar-refractivity contribution is 5.93. The molecule has 0 unspecified atom stereocenters. The maximum Gasteiger partial charge on any atom is 0.279 e. The second-order valence-electron chi connectivity index (χ2n) is 6.63. The van der Waals surface area contributed by atoms with Crippen LogP contribution in [0.4, 0.5) is 14.7 Å². The van der Waals surface area contributed by atoms with Crippen molar-refractivity contribution in [2.75, 3.05) is 5.32 Å². The van der Waals surface area contributed by atoms with Crippen molar-refractivity contribution in [1.82, 2.24) is 20.8 Å². The summed E-state index contributed by atoms with van der Waals surface area (Å²) in [5, 5.41) is 3.38. The second kappa shape index (κ2) is 9.95. The summed E-state index contributed by atoms with van der Waals surface area (Å²) in [7, 11) is 0. The molecule has 1 aromatic carbocycles. The van der Waals surface area contributed by atoms with Crippen molar-refractivity contribution in [3.63, 3.8) is 0 Å². The van der Waals surface area contributed by atoms with Crippen LogP contribution in [0, 0.1) is 6.92 Å². The van der Waals surface area contributed by atoms with Gasteiger partial charge in [-0.2, -0.15) is 0 Å². The van der Waals surface area contributed by atoms with Gasteiger partial charge in [-0.1, -0.05) is 50.3 Å². The fraction of sp³-hybridized carbons (Fsp3) is 0.381. The Morgan fingerprint density at radius 1 is 1.10 bits per heavy atom. The van der Waals surface area contributed by atoms with E-state index < -0.39 is 18.0 Å². The van der Waals surface area contributed by atoms with Gasteiger partial charge in [-0.25, -0.2) is 18.7 Å². The number of aryl methyl sites for hydroxylation is 1. The lowest BCUT2D eigenvalue weighted by atomic mass is 9.72. The Morgan fingerprint density at radius 3 is 2.17 bits per heavy atom. The van der Waals surface area contributed by atoms with E-state index in [9.17, 15) is 13.6 Å². The van der Waals surface area contributed by atoms with Crippen LogP contribution in [-0.2, 0) is 5.54 Å². The molecule has 8 heteroatoms. The number of rotatable bonds is 7. The van der Waals surface area contributed by atoms with E-state index in [4.69, 9.17) is 0 Å². The summed E-state index contributed by atoms with van der Waals surface area (Å²) in [6.45, 7) is 9.15. The highest BCUT2D eigenvalue weighted by Gasteiger charge is 2.39. The first kappa shape index (κ1) is 22.3. The van der Waals surface area contributed by atoms with Crippen LogP contribution in [0.25, 0.3) is 0 Å². The molecule has 1 aliphatic carbocycles. The Hall–Kier alpha value is -3.03. The average molecular weight is 403 g/mol. The zero-order valence-electron chi connectivity index (χ0n) is 16.9. The Morgan fingerprint density at radius 2 is 1.69 bits per heavy atom. The fourth-order valence-electron chi connectivity index (χ4n) is 2.88. The number of hydrogen-bond acceptors (Lipinski definition) is 5. The third kappa shape index (κ3) is 5.49. The minimum absolute atomic E-state index is 0.146. The van der Waals surface area contributed by atoms with E-state index >= 15 is 0 Å². The van der Waals surface area contributed by atoms with Gasteiger partial charge in [0, 0.05) is 12.4 Å². The molecular weight excluding hydrogens is 376 g/mol. The molecule has 0 radical (unpaired) electrons. The Labute approximate surface area is 169 Å². The standard InChI is InChI=1S/C19H21F2N5O.C2H6/c1-12-4-6-15(7-5-12)19(8-3-9-19)24-18-22-10-14(11-23-18)17(27)26-25-13(2)16(20)21;1-2/h4-7,10-11,16,25H,2-3,8-9H2,1H3,(H,26,27)(H,22,23,24);1-2H3. The van der Waals surface area contributed by atoms with Crippen LogP contribution in [-0.4, -0.2) is 22.3 Å². The van der Waals surface area contributed by atoms with Gasteiger partial charge in [0.1, 0.15) is 0 Å². The minimum atomic E-state index is -2.77. The molecule has 3 rings (SSSR count). The van der Waals surface area contributed by atoms with Crippen molar-refractivity contribution in [3.05, 3.63) is 65.6 Å². The topological polar surface area (TPSA) is 78.9 Å². The van der Waals surface area contributed by atoms with Crippen molar-refractivity contribution in [1.29, 1.82) is 0 Å². The van der Waals surface area contributed by atoms with Crippen LogP contribution >= 0.6 is 0 Å². The molecule has 2 aromatic rings. The summed E-state index contributed by atoms with van der Waals surface area (Å²) in [5.41, 5.74) is 5.93. The molecule has 0 bridgehead atoms. The summed E-state index contributed by atoms with van der Waals surface area (Å²) in [4.78, 5) is 20.3. The lowest BCUT2D eigenvalue weighted by Gasteiger charge is -2.43. The van der Waals surface area contributed by atoms with E-state index in [1.807, 2.05) is 20.8 Å². The fourth-order valence-corrected chi connectivity index (χ4v) is 2.88. The van der Waals surface area contributed by atoms with Crippen molar-refractivity contribution < 1.29 is 13.6 Å². The molecule has 0 atom stereocenters. The zero-order chi connectivity index (χ0) is 21.4. The molecule has 29 heavy (non-hydrogen) atoms. The zero-order valence-corrected chi connectivity index (χ0v) is 16.9. The number of hydrogen-bond donors (Lipinski definition) is 3. The van der Waals surface area contributed by atoms with Gasteiger partial charge in [-0.3, -0.25) is 15.6 Å². The largest absolute Gasteiger partial charge is 0.345 e. The maximum atomic E-state index is 12.3. The molecule has 1 heterocycles. The highest BCUT2D eigenvalue weighted by atomic mass is 19.3. The number of hydrazine groups is 1. The second-order valence-corrected chi connectivity index (χ2v) is 6.63. The number of allylic oxidation sites excluding steroid dienone is 1. The molecule has 1 aliphatic rings. The summed E-state index contributed by atoms with van der Waals surface area (Å²) in [6, 6.07) is 8.35. The van der Waals surface area contributed by atoms with Crippen molar-refractivity contribution in [2.45, 2.75) is 52.0 Å². The normalized spacial score (nSPS) is 14.1. The summed E-state index contributed by atoms with van der Waals surface area (Å²) >= 11 is 0. The molecule has 0 aliphatic heterocycles. The number of aromatic nitrogens is 2. The molecule has 1 aromatic heterocycles. The molecule has 1 fully saturated rings. The first-order valence-corrected chi connectivity index (χ1v) is 9.60. The van der Waals surface area contributed by atoms with Gasteiger partial charge < -0.3 is 5.32 Å². The molecule has 0 spiro atoms. The minimum Gasteiger partial charge on any atom is -0.345 e. The quantitative estimate of drug-likeness (QED) is 0.600. The van der Waals surface area contributed by atoms with Crippen LogP contribution in [0.15, 0.2) is 48.9 Å². The van der Waals surface area contributed by atoms with Gasteiger partial charge in [-0.15, -0.1) is 0 Å². The van der Waals surface area contributed by atoms with Crippen LogP contribution in [0.2, 0.25) is 0 Å². The molecule has 1 saturated carbocycles. The molecule has 0 saturated heterocycles. The van der Waals surface area contributed by atoms with Crippen LogP contribution in [0.1, 0.15) is 54.6 Å². The van der Waals surface area contributed by atoms with Gasteiger partial charge in [0.25, 0.3) is 12.3 Å². The Balaban J connectivity index is 0.00000145. The van der Waals surface area contributed by atoms with Crippen LogP contribution in [0.3, 0.4) is 0 Å². The van der Waals surface area contributed by atoms with Crippen LogP contribution in [0.5, 0.6) is 0 Å². The van der Waals surface area contributed by atoms with E-state index in [2.05, 4.69) is 57.0 Å². The molecule has 1 amide bonds. The van der Waals surface area contributed by atoms with Gasteiger partial charge >= 0.3 is 0 Å². The first-order valence-electron chi connectivity index (χ1n) is 9.60. The Kier molecular flexibility index (Phi) is 7.64. The number of anilines is 1. The van der Waals surface area contributed by atoms with E-state index in [1.54, 1.807) is 0 Å². The van der Waals surface area contributed by atoms with E-state index in [1.165, 1.54) is 23.5 Å². The predicted octanol–water partition coefficient (Wildman–Crippen LogP) is 4.32. The third-order valence-electron chi connectivity index (χ3n) is 4.68. The number of carbonyl (C=O) groups excluding carboxylic acids is 1. The van der Waals surface area contributed by atoms with E-state index in [0.717, 1.165) is 19.3 Å². The van der Waals surface area contributed by atoms with Gasteiger partial charge in [0.15, 0.2) is 0 Å². The monoisotopic (exact) mass is 403 g/mol. The number of benzene rings is 1. The first-order chi connectivity index (χ1) is 13.9. The third-order valence-corrected chi connectivity index (χ3v) is 4.68. The number of nitrogens with zero attached hydrogens (tertiary/aromatic N) is 2. The smallest absolute Gasteiger partial charge is 0.279 e. The molecular formula is C21H27F2N5O. The van der Waals surface area contributed by atoms with Gasteiger partial charge in [0.2, 0.25) is 5.95 Å². The predicted molar refractivity (Wildman–Crippen MR) is 109 cm³/mol. The van der Waals surface area contributed by atoms with Gasteiger partial charge in [0.05, 0.1) is 16.8 Å². The average Bonchev–Trinajstić information content (AvgIpc) is 2.71. The van der Waals surface area contributed by atoms with Crippen LogP contribution < -0.4 is 16.2 Å². The summed E-state index contributed by atoms with van der Waals surface area (Å²) in [6.07, 6.45) is 2.98. The summed E-state index contributed by atoms with van der Waals surface area (Å²) in [5.74, 6) is -0.211. The lowest BCUT2D eigenvalue weighted by molar-refractivity contribution is 0.0928. The highest BCUT2D eigenvalue weighted by Crippen LogP contribution is 2.43. The Bertz CT molecular complexity index is 818. The number of halogens is 2. The SMILES string of the molecule is C=C(NNC(=O)c1cnc(NC2(c3ccc(C)cc3)CCC2)nc1)C(F)F.CC. The number of amides is 1. The van der Waals surface area contributed by atoms with Crippen molar-refractivity contribution >= 4 is 11.9 Å². The van der Waals surface area contributed by atoms with Crippen molar-refractivity contribution in [3.8, 4) is 0 Å². The number of nitrogens with one attached hydrogen (secondary N) is 3. The lowest BCUT2D eigenvalue weighted by Crippen LogP contribution is -2.42. The molecule has 3 N–H and O–H groups in total. The van der Waals surface area contributed by atoms with E-state index in [0.29, 0.717) is 5.95 Å². The maximum absolute atomic E-state index is 12.3. The van der Waals surface area contributed by atoms with Gasteiger partial charge in [-0.05, 0) is 31.7 Å². The molecule has 6 nitrogen and oxygen atoms in total. The number of carbonyl (C=O) groups is 1. The van der Waals surface area contributed by atoms with Crippen molar-refractivity contribution in [2.24, 2.45) is 0 Å². The molecule has 156 valence electrons. The number of alkyl halides is 2. The van der Waals surface area contributed by atoms with E-state index in [-0.39, 0.29) is 11.1 Å². The summed E-state index contributed by atoms with van der Waals surface area (Å²) < 4.78 is 24.7.